The summed E-state index contributed by atoms with van der Waals surface area (Å²) in [5, 5.41) is 4.09. The minimum atomic E-state index is -4.58. The first-order valence-electron chi connectivity index (χ1n) is 10.9. The van der Waals surface area contributed by atoms with Gasteiger partial charge in [0.25, 0.3) is 5.91 Å². The Balaban J connectivity index is 1.58. The first kappa shape index (κ1) is 23.0. The average molecular weight is 487 g/mol. The maximum atomic E-state index is 14.0. The topological polar surface area (TPSA) is 82.9 Å². The third-order valence-electron chi connectivity index (χ3n) is 6.36. The highest BCUT2D eigenvalue weighted by atomic mass is 19.4. The minimum absolute atomic E-state index is 0.00354. The van der Waals surface area contributed by atoms with Gasteiger partial charge in [-0.05, 0) is 12.5 Å². The van der Waals surface area contributed by atoms with Crippen molar-refractivity contribution in [1.29, 1.82) is 0 Å². The molecule has 2 aromatic carbocycles. The number of nitrogens with zero attached hydrogens (tertiary/aromatic N) is 3. The first-order valence-corrected chi connectivity index (χ1v) is 10.9. The number of rotatable bonds is 4. The van der Waals surface area contributed by atoms with Gasteiger partial charge in [0.15, 0.2) is 16.8 Å². The van der Waals surface area contributed by atoms with Crippen LogP contribution in [0.5, 0.6) is 5.75 Å². The lowest BCUT2D eigenvalue weighted by atomic mass is 9.89. The Morgan fingerprint density at radius 2 is 1.89 bits per heavy atom. The Morgan fingerprint density at radius 3 is 2.51 bits per heavy atom. The van der Waals surface area contributed by atoms with Gasteiger partial charge in [-0.25, -0.2) is 15.4 Å². The quantitative estimate of drug-likeness (QED) is 0.582. The van der Waals surface area contributed by atoms with Gasteiger partial charge in [0.05, 0.1) is 13.0 Å². The number of nitrogens with one attached hydrogen (secondary N) is 2. The van der Waals surface area contributed by atoms with Gasteiger partial charge in [-0.2, -0.15) is 13.2 Å². The fourth-order valence-electron chi connectivity index (χ4n) is 4.65. The fourth-order valence-corrected chi connectivity index (χ4v) is 4.65. The minimum Gasteiger partial charge on any atom is -0.494 e. The molecule has 1 aromatic heterocycles. The molecule has 2 aliphatic heterocycles. The standard InChI is InChI=1S/C24H24F3N5O3/c1-12-17(22-29-19-15(34-4)10-14(31(2)3)11-16(19)35-22)23(33)32-21(28-12)18(13-8-6-5-7-9-13)20(30-32)24(25,26)27/h5-11,18,20-21,28,30H,1-4H3. The second-order valence-electron chi connectivity index (χ2n) is 8.76. The summed E-state index contributed by atoms with van der Waals surface area (Å²) in [5.41, 5.74) is 4.89. The van der Waals surface area contributed by atoms with Gasteiger partial charge in [-0.3, -0.25) is 4.79 Å². The van der Waals surface area contributed by atoms with Crippen LogP contribution in [-0.2, 0) is 4.79 Å². The van der Waals surface area contributed by atoms with E-state index in [4.69, 9.17) is 9.15 Å². The van der Waals surface area contributed by atoms with Crippen molar-refractivity contribution in [3.05, 3.63) is 59.6 Å². The second-order valence-corrected chi connectivity index (χ2v) is 8.76. The van der Waals surface area contributed by atoms with E-state index in [1.165, 1.54) is 7.11 Å². The maximum Gasteiger partial charge on any atom is 0.406 e. The third-order valence-corrected chi connectivity index (χ3v) is 6.36. The van der Waals surface area contributed by atoms with Crippen molar-refractivity contribution in [3.8, 4) is 5.75 Å². The summed E-state index contributed by atoms with van der Waals surface area (Å²) in [6, 6.07) is 9.94. The lowest BCUT2D eigenvalue weighted by molar-refractivity contribution is -0.161. The number of anilines is 1. The van der Waals surface area contributed by atoms with Crippen molar-refractivity contribution in [2.45, 2.75) is 31.2 Å². The molecular formula is C24H24F3N5O3. The molecule has 3 aromatic rings. The number of carbonyl (C=O) groups is 1. The molecule has 0 saturated carbocycles. The van der Waals surface area contributed by atoms with Crippen molar-refractivity contribution < 1.29 is 27.1 Å². The molecule has 2 N–H and O–H groups in total. The van der Waals surface area contributed by atoms with Crippen molar-refractivity contribution in [3.63, 3.8) is 0 Å². The van der Waals surface area contributed by atoms with E-state index in [1.54, 1.807) is 49.4 Å². The molecule has 184 valence electrons. The maximum absolute atomic E-state index is 14.0. The Kier molecular flexibility index (Phi) is 5.39. The molecule has 0 radical (unpaired) electrons. The van der Waals surface area contributed by atoms with Gasteiger partial charge < -0.3 is 19.4 Å². The molecule has 0 aliphatic carbocycles. The molecule has 8 nitrogen and oxygen atoms in total. The van der Waals surface area contributed by atoms with E-state index < -0.39 is 30.2 Å². The van der Waals surface area contributed by atoms with Crippen LogP contribution in [-0.4, -0.2) is 55.5 Å². The molecule has 3 atom stereocenters. The molecule has 1 amide bonds. The summed E-state index contributed by atoms with van der Waals surface area (Å²) >= 11 is 0. The van der Waals surface area contributed by atoms with E-state index in [2.05, 4.69) is 15.7 Å². The molecule has 3 unspecified atom stereocenters. The largest absolute Gasteiger partial charge is 0.494 e. The number of carbonyl (C=O) groups excluding carboxylic acids is 1. The van der Waals surface area contributed by atoms with Gasteiger partial charge >= 0.3 is 6.18 Å². The molecule has 2 aliphatic rings. The lowest BCUT2D eigenvalue weighted by Crippen LogP contribution is -2.54. The zero-order chi connectivity index (χ0) is 25.1. The summed E-state index contributed by atoms with van der Waals surface area (Å²) < 4.78 is 53.4. The van der Waals surface area contributed by atoms with Crippen LogP contribution in [0.4, 0.5) is 18.9 Å². The molecule has 0 bridgehead atoms. The van der Waals surface area contributed by atoms with Crippen LogP contribution in [0, 0.1) is 0 Å². The highest BCUT2D eigenvalue weighted by Crippen LogP contribution is 2.43. The number of amides is 1. The van der Waals surface area contributed by atoms with Gasteiger partial charge in [0.2, 0.25) is 5.89 Å². The summed E-state index contributed by atoms with van der Waals surface area (Å²) in [4.78, 5) is 19.9. The van der Waals surface area contributed by atoms with E-state index in [0.717, 1.165) is 10.7 Å². The SMILES string of the molecule is COc1cc(N(C)C)cc2oc(C3=C(C)NC4C(c5ccccc5)C(C(F)(F)F)NN4C3=O)nc12. The zero-order valence-corrected chi connectivity index (χ0v) is 19.5. The number of methoxy groups -OCH3 is 1. The summed E-state index contributed by atoms with van der Waals surface area (Å²) in [6.07, 6.45) is -5.53. The van der Waals surface area contributed by atoms with Crippen LogP contribution in [0.3, 0.4) is 0 Å². The number of allylic oxidation sites excluding steroid dienone is 1. The summed E-state index contributed by atoms with van der Waals surface area (Å²) in [7, 11) is 5.22. The number of benzene rings is 2. The molecule has 0 spiro atoms. The lowest BCUT2D eigenvalue weighted by Gasteiger charge is -2.34. The predicted molar refractivity (Wildman–Crippen MR) is 123 cm³/mol. The van der Waals surface area contributed by atoms with Gasteiger partial charge in [-0.1, -0.05) is 30.3 Å². The Hall–Kier alpha value is -3.73. The number of ether oxygens (including phenoxy) is 1. The Labute approximate surface area is 199 Å². The van der Waals surface area contributed by atoms with Crippen molar-refractivity contribution in [2.24, 2.45) is 0 Å². The zero-order valence-electron chi connectivity index (χ0n) is 19.5. The number of fused-ring (bicyclic) bond motifs is 2. The van der Waals surface area contributed by atoms with Crippen LogP contribution >= 0.6 is 0 Å². The monoisotopic (exact) mass is 487 g/mol. The number of aromatic nitrogens is 1. The molecule has 1 fully saturated rings. The number of alkyl halides is 3. The molecule has 35 heavy (non-hydrogen) atoms. The van der Waals surface area contributed by atoms with Crippen LogP contribution in [0.15, 0.2) is 52.6 Å². The number of halogens is 3. The molecule has 3 heterocycles. The molecule has 5 rings (SSSR count). The van der Waals surface area contributed by atoms with Gasteiger partial charge in [0.1, 0.15) is 17.8 Å². The van der Waals surface area contributed by atoms with E-state index >= 15 is 0 Å². The number of hydrogen-bond donors (Lipinski definition) is 2. The van der Waals surface area contributed by atoms with Crippen LogP contribution in [0.25, 0.3) is 16.7 Å². The number of hydrogen-bond acceptors (Lipinski definition) is 7. The number of hydrazine groups is 1. The highest BCUT2D eigenvalue weighted by Gasteiger charge is 2.58. The normalized spacial score (nSPS) is 22.4. The number of oxazole rings is 1. The van der Waals surface area contributed by atoms with E-state index in [-0.39, 0.29) is 11.5 Å². The fraction of sp³-hybridized carbons (Fsp3) is 0.333. The summed E-state index contributed by atoms with van der Waals surface area (Å²) in [6.45, 7) is 1.63. The third kappa shape index (κ3) is 3.75. The van der Waals surface area contributed by atoms with Crippen molar-refractivity contribution in [2.75, 3.05) is 26.1 Å². The van der Waals surface area contributed by atoms with Crippen LogP contribution < -0.4 is 20.4 Å². The van der Waals surface area contributed by atoms with Crippen molar-refractivity contribution in [1.82, 2.24) is 20.7 Å². The van der Waals surface area contributed by atoms with E-state index in [1.807, 2.05) is 19.0 Å². The smallest absolute Gasteiger partial charge is 0.406 e. The van der Waals surface area contributed by atoms with Gasteiger partial charge in [-0.15, -0.1) is 0 Å². The van der Waals surface area contributed by atoms with Gasteiger partial charge in [0, 0.05) is 37.6 Å². The van der Waals surface area contributed by atoms with Crippen LogP contribution in [0.2, 0.25) is 0 Å². The highest BCUT2D eigenvalue weighted by molar-refractivity contribution is 6.20. The second kappa shape index (κ2) is 8.19. The average Bonchev–Trinajstić information content (AvgIpc) is 3.40. The van der Waals surface area contributed by atoms with E-state index in [0.29, 0.717) is 28.1 Å². The Morgan fingerprint density at radius 1 is 1.17 bits per heavy atom. The van der Waals surface area contributed by atoms with Crippen LogP contribution in [0.1, 0.15) is 24.3 Å². The first-order chi connectivity index (χ1) is 16.6. The molecular weight excluding hydrogens is 463 g/mol. The van der Waals surface area contributed by atoms with Crippen molar-refractivity contribution >= 4 is 28.3 Å². The Bertz CT molecular complexity index is 1320. The molecule has 11 heteroatoms. The predicted octanol–water partition coefficient (Wildman–Crippen LogP) is 3.62. The summed E-state index contributed by atoms with van der Waals surface area (Å²) in [5.74, 6) is -1.26. The van der Waals surface area contributed by atoms with E-state index in [9.17, 15) is 18.0 Å². The molecule has 1 saturated heterocycles.